The molecular formula is C18H20N2O5. The highest BCUT2D eigenvalue weighted by Crippen LogP contribution is 2.23. The summed E-state index contributed by atoms with van der Waals surface area (Å²) in [6.07, 6.45) is -0.664. The number of amides is 2. The molecule has 1 N–H and O–H groups in total. The lowest BCUT2D eigenvalue weighted by atomic mass is 10.1. The Hall–Kier alpha value is -3.06. The van der Waals surface area contributed by atoms with Crippen molar-refractivity contribution in [3.05, 3.63) is 59.7 Å². The third-order valence-corrected chi connectivity index (χ3v) is 3.47. The van der Waals surface area contributed by atoms with Gasteiger partial charge in [0.15, 0.2) is 0 Å². The summed E-state index contributed by atoms with van der Waals surface area (Å²) < 4.78 is 10.3. The molecule has 0 aromatic heterocycles. The Bertz CT molecular complexity index is 734. The first-order chi connectivity index (χ1) is 12.0. The SMILES string of the molecule is COc1ccc(NC(=O)OCc2ccccc2)c(C(=O)N(C)OC)c1. The van der Waals surface area contributed by atoms with E-state index in [0.29, 0.717) is 11.4 Å². The molecule has 0 atom stereocenters. The van der Waals surface area contributed by atoms with Crippen molar-refractivity contribution in [2.75, 3.05) is 26.6 Å². The van der Waals surface area contributed by atoms with Crippen molar-refractivity contribution >= 4 is 17.7 Å². The largest absolute Gasteiger partial charge is 0.497 e. The predicted octanol–water partition coefficient (Wildman–Crippen LogP) is 3.08. The zero-order valence-corrected chi connectivity index (χ0v) is 14.3. The number of anilines is 1. The number of ether oxygens (including phenoxy) is 2. The summed E-state index contributed by atoms with van der Waals surface area (Å²) in [6, 6.07) is 14.0. The van der Waals surface area contributed by atoms with Gasteiger partial charge in [-0.2, -0.15) is 0 Å². The van der Waals surface area contributed by atoms with Crippen molar-refractivity contribution in [1.82, 2.24) is 5.06 Å². The molecule has 2 aromatic carbocycles. The summed E-state index contributed by atoms with van der Waals surface area (Å²) in [7, 11) is 4.34. The number of carbonyl (C=O) groups excluding carboxylic acids is 2. The van der Waals surface area contributed by atoms with Crippen LogP contribution < -0.4 is 10.1 Å². The Balaban J connectivity index is 2.12. The Morgan fingerprint density at radius 2 is 1.80 bits per heavy atom. The maximum atomic E-state index is 12.4. The van der Waals surface area contributed by atoms with Gasteiger partial charge in [0.2, 0.25) is 0 Å². The summed E-state index contributed by atoms with van der Waals surface area (Å²) in [4.78, 5) is 29.3. The van der Waals surface area contributed by atoms with Crippen LogP contribution in [0.4, 0.5) is 10.5 Å². The van der Waals surface area contributed by atoms with Crippen molar-refractivity contribution in [2.45, 2.75) is 6.61 Å². The van der Waals surface area contributed by atoms with E-state index < -0.39 is 12.0 Å². The molecule has 0 radical (unpaired) electrons. The number of carbonyl (C=O) groups is 2. The van der Waals surface area contributed by atoms with Gasteiger partial charge in [0.05, 0.1) is 25.5 Å². The second kappa shape index (κ2) is 8.70. The fraction of sp³-hybridized carbons (Fsp3) is 0.222. The molecule has 0 saturated carbocycles. The van der Waals surface area contributed by atoms with Crippen LogP contribution in [0, 0.1) is 0 Å². The smallest absolute Gasteiger partial charge is 0.411 e. The summed E-state index contributed by atoms with van der Waals surface area (Å²) in [6.45, 7) is 0.129. The van der Waals surface area contributed by atoms with Crippen LogP contribution in [0.2, 0.25) is 0 Å². The summed E-state index contributed by atoms with van der Waals surface area (Å²) in [5.41, 5.74) is 1.39. The van der Waals surface area contributed by atoms with Gasteiger partial charge in [0.1, 0.15) is 12.4 Å². The highest BCUT2D eigenvalue weighted by molar-refractivity contribution is 6.02. The van der Waals surface area contributed by atoms with Crippen molar-refractivity contribution in [1.29, 1.82) is 0 Å². The third kappa shape index (κ3) is 4.95. The van der Waals surface area contributed by atoms with Gasteiger partial charge in [-0.15, -0.1) is 0 Å². The first-order valence-electron chi connectivity index (χ1n) is 7.53. The Labute approximate surface area is 146 Å². The molecule has 25 heavy (non-hydrogen) atoms. The number of methoxy groups -OCH3 is 1. The summed E-state index contributed by atoms with van der Waals surface area (Å²) in [5, 5.41) is 3.62. The molecule has 0 spiro atoms. The van der Waals surface area contributed by atoms with Crippen molar-refractivity contribution < 1.29 is 23.9 Å². The van der Waals surface area contributed by atoms with Crippen molar-refractivity contribution in [2.24, 2.45) is 0 Å². The second-order valence-electron chi connectivity index (χ2n) is 5.08. The molecule has 132 valence electrons. The van der Waals surface area contributed by atoms with Crippen LogP contribution in [0.1, 0.15) is 15.9 Å². The van der Waals surface area contributed by atoms with Crippen LogP contribution in [-0.2, 0) is 16.2 Å². The minimum Gasteiger partial charge on any atom is -0.497 e. The lowest BCUT2D eigenvalue weighted by Crippen LogP contribution is -2.27. The van der Waals surface area contributed by atoms with Gasteiger partial charge >= 0.3 is 6.09 Å². The van der Waals surface area contributed by atoms with E-state index in [9.17, 15) is 9.59 Å². The van der Waals surface area contributed by atoms with Gasteiger partial charge in [-0.1, -0.05) is 30.3 Å². The van der Waals surface area contributed by atoms with E-state index in [0.717, 1.165) is 10.6 Å². The molecule has 0 bridgehead atoms. The fourth-order valence-corrected chi connectivity index (χ4v) is 2.06. The van der Waals surface area contributed by atoms with E-state index in [4.69, 9.17) is 14.3 Å². The number of nitrogens with zero attached hydrogens (tertiary/aromatic N) is 1. The lowest BCUT2D eigenvalue weighted by molar-refractivity contribution is -0.0756. The second-order valence-corrected chi connectivity index (χ2v) is 5.08. The maximum Gasteiger partial charge on any atom is 0.411 e. The number of benzene rings is 2. The third-order valence-electron chi connectivity index (χ3n) is 3.47. The van der Waals surface area contributed by atoms with Crippen LogP contribution >= 0.6 is 0 Å². The predicted molar refractivity (Wildman–Crippen MR) is 92.3 cm³/mol. The molecule has 2 rings (SSSR count). The fourth-order valence-electron chi connectivity index (χ4n) is 2.06. The van der Waals surface area contributed by atoms with Gasteiger partial charge < -0.3 is 9.47 Å². The average molecular weight is 344 g/mol. The van der Waals surface area contributed by atoms with E-state index in [-0.39, 0.29) is 12.2 Å². The van der Waals surface area contributed by atoms with Gasteiger partial charge in [0.25, 0.3) is 5.91 Å². The van der Waals surface area contributed by atoms with Crippen LogP contribution in [0.25, 0.3) is 0 Å². The molecule has 2 aromatic rings. The molecule has 0 aliphatic heterocycles. The molecular weight excluding hydrogens is 324 g/mol. The van der Waals surface area contributed by atoms with E-state index in [1.165, 1.54) is 27.3 Å². The number of rotatable bonds is 6. The zero-order chi connectivity index (χ0) is 18.2. The topological polar surface area (TPSA) is 77.1 Å². The highest BCUT2D eigenvalue weighted by Gasteiger charge is 2.19. The summed E-state index contributed by atoms with van der Waals surface area (Å²) >= 11 is 0. The maximum absolute atomic E-state index is 12.4. The van der Waals surface area contributed by atoms with E-state index >= 15 is 0 Å². The van der Waals surface area contributed by atoms with Crippen LogP contribution in [0.3, 0.4) is 0 Å². The van der Waals surface area contributed by atoms with Gasteiger partial charge in [-0.05, 0) is 23.8 Å². The quantitative estimate of drug-likeness (QED) is 0.815. The highest BCUT2D eigenvalue weighted by atomic mass is 16.7. The monoisotopic (exact) mass is 344 g/mol. The summed E-state index contributed by atoms with van der Waals surface area (Å²) in [5.74, 6) is 0.0517. The van der Waals surface area contributed by atoms with Crippen molar-refractivity contribution in [3.63, 3.8) is 0 Å². The van der Waals surface area contributed by atoms with Crippen LogP contribution in [0.15, 0.2) is 48.5 Å². The van der Waals surface area contributed by atoms with E-state index in [1.54, 1.807) is 12.1 Å². The van der Waals surface area contributed by atoms with Gasteiger partial charge in [0, 0.05) is 7.05 Å². The molecule has 7 nitrogen and oxygen atoms in total. The number of nitrogens with one attached hydrogen (secondary N) is 1. The normalized spacial score (nSPS) is 10.0. The number of hydrogen-bond acceptors (Lipinski definition) is 5. The Morgan fingerprint density at radius 3 is 2.44 bits per heavy atom. The van der Waals surface area contributed by atoms with Crippen molar-refractivity contribution in [3.8, 4) is 5.75 Å². The number of hydroxylamine groups is 2. The Morgan fingerprint density at radius 1 is 1.08 bits per heavy atom. The van der Waals surface area contributed by atoms with Gasteiger partial charge in [-0.3, -0.25) is 14.9 Å². The Kier molecular flexibility index (Phi) is 6.36. The molecule has 7 heteroatoms. The molecule has 0 aliphatic rings. The molecule has 2 amide bonds. The first kappa shape index (κ1) is 18.3. The van der Waals surface area contributed by atoms with Crippen LogP contribution in [0.5, 0.6) is 5.75 Å². The lowest BCUT2D eigenvalue weighted by Gasteiger charge is -2.17. The van der Waals surface area contributed by atoms with E-state index in [1.807, 2.05) is 30.3 Å². The molecule has 0 aliphatic carbocycles. The first-order valence-corrected chi connectivity index (χ1v) is 7.53. The standard InChI is InChI=1S/C18H20N2O5/c1-20(24-3)17(21)15-11-14(23-2)9-10-16(15)19-18(22)25-12-13-7-5-4-6-8-13/h4-11H,12H2,1-3H3,(H,19,22). The molecule has 0 unspecified atom stereocenters. The minimum atomic E-state index is -0.664. The average Bonchev–Trinajstić information content (AvgIpc) is 2.66. The molecule has 0 fully saturated rings. The minimum absolute atomic E-state index is 0.129. The van der Waals surface area contributed by atoms with E-state index in [2.05, 4.69) is 5.32 Å². The van der Waals surface area contributed by atoms with Gasteiger partial charge in [-0.25, -0.2) is 9.86 Å². The molecule has 0 saturated heterocycles. The van der Waals surface area contributed by atoms with Crippen LogP contribution in [-0.4, -0.2) is 38.3 Å². The number of hydrogen-bond donors (Lipinski definition) is 1. The molecule has 0 heterocycles. The zero-order valence-electron chi connectivity index (χ0n) is 14.3.